The second-order valence-electron chi connectivity index (χ2n) is 4.82. The highest BCUT2D eigenvalue weighted by Gasteiger charge is 2.51. The molecule has 2 saturated heterocycles. The van der Waals surface area contributed by atoms with Crippen molar-refractivity contribution in [2.75, 3.05) is 11.4 Å². The summed E-state index contributed by atoms with van der Waals surface area (Å²) in [6, 6.07) is 7.68. The van der Waals surface area contributed by atoms with Crippen molar-refractivity contribution < 1.29 is 14.3 Å². The average Bonchev–Trinajstić information content (AvgIpc) is 3.14. The Morgan fingerprint density at radius 3 is 2.95 bits per heavy atom. The summed E-state index contributed by atoms with van der Waals surface area (Å²) in [5, 5.41) is 2.55. The molecule has 1 aromatic carbocycles. The van der Waals surface area contributed by atoms with Crippen LogP contribution in [0.4, 0.5) is 10.5 Å². The zero-order chi connectivity index (χ0) is 13.9. The smallest absolute Gasteiger partial charge is 0.285 e. The number of benzene rings is 1. The molecule has 0 bridgehead atoms. The number of ether oxygens (including phenoxy) is 1. The lowest BCUT2D eigenvalue weighted by atomic mass is 10.1. The van der Waals surface area contributed by atoms with Crippen molar-refractivity contribution in [2.45, 2.75) is 19.3 Å². The standard InChI is InChI=1S/C14H12N2O3S/c1-2-16-8-6-4-3-5-7(8)9(13(16)17)11-10-12(19-10)15-14(18)20-11/h3-6,10,12H,2H2,1H3,(H,15,18)/b11-9-. The fraction of sp³-hybridized carbons (Fsp3) is 0.286. The van der Waals surface area contributed by atoms with Crippen LogP contribution in [0, 0.1) is 0 Å². The SMILES string of the molecule is CCN1C(=O)/C(=C2\SC(=O)NC3OC23)c2ccccc21. The van der Waals surface area contributed by atoms with E-state index >= 15 is 0 Å². The maximum absolute atomic E-state index is 12.6. The van der Waals surface area contributed by atoms with Gasteiger partial charge in [-0.3, -0.25) is 9.59 Å². The normalized spacial score (nSPS) is 30.9. The van der Waals surface area contributed by atoms with E-state index in [2.05, 4.69) is 5.32 Å². The number of rotatable bonds is 1. The molecule has 2 amide bonds. The van der Waals surface area contributed by atoms with Crippen LogP contribution in [0.25, 0.3) is 5.57 Å². The number of thioether (sulfide) groups is 1. The number of carbonyl (C=O) groups excluding carboxylic acids is 2. The first-order valence-corrected chi connectivity index (χ1v) is 7.31. The molecule has 102 valence electrons. The molecular weight excluding hydrogens is 276 g/mol. The molecule has 6 heteroatoms. The summed E-state index contributed by atoms with van der Waals surface area (Å²) in [7, 11) is 0. The van der Waals surface area contributed by atoms with Crippen molar-refractivity contribution in [2.24, 2.45) is 0 Å². The van der Waals surface area contributed by atoms with Crippen molar-refractivity contribution in [1.82, 2.24) is 5.32 Å². The predicted molar refractivity (Wildman–Crippen MR) is 76.2 cm³/mol. The molecule has 2 unspecified atom stereocenters. The predicted octanol–water partition coefficient (Wildman–Crippen LogP) is 1.95. The van der Waals surface area contributed by atoms with Crippen molar-refractivity contribution in [3.05, 3.63) is 34.7 Å². The van der Waals surface area contributed by atoms with Gasteiger partial charge in [0, 0.05) is 17.0 Å². The summed E-state index contributed by atoms with van der Waals surface area (Å²) >= 11 is 1.07. The van der Waals surface area contributed by atoms with Crippen molar-refractivity contribution in [3.8, 4) is 0 Å². The minimum atomic E-state index is -0.262. The van der Waals surface area contributed by atoms with Crippen molar-refractivity contribution in [3.63, 3.8) is 0 Å². The van der Waals surface area contributed by atoms with Gasteiger partial charge in [-0.05, 0) is 24.8 Å². The van der Waals surface area contributed by atoms with Crippen molar-refractivity contribution in [1.29, 1.82) is 0 Å². The molecular formula is C14H12N2O3S. The minimum absolute atomic E-state index is 0.0415. The number of fused-ring (bicyclic) bond motifs is 2. The van der Waals surface area contributed by atoms with Gasteiger partial charge in [-0.1, -0.05) is 18.2 Å². The first-order valence-electron chi connectivity index (χ1n) is 6.50. The molecule has 0 aliphatic carbocycles. The highest BCUT2D eigenvalue weighted by atomic mass is 32.2. The summed E-state index contributed by atoms with van der Waals surface area (Å²) in [6.07, 6.45) is -0.427. The van der Waals surface area contributed by atoms with E-state index in [1.54, 1.807) is 4.90 Å². The Balaban J connectivity index is 1.90. The number of para-hydroxylation sites is 1. The van der Waals surface area contributed by atoms with Gasteiger partial charge in [0.25, 0.3) is 11.1 Å². The third kappa shape index (κ3) is 1.55. The number of epoxide rings is 1. The maximum Gasteiger partial charge on any atom is 0.285 e. The summed E-state index contributed by atoms with van der Waals surface area (Å²) < 4.78 is 5.42. The fourth-order valence-corrected chi connectivity index (χ4v) is 3.72. The van der Waals surface area contributed by atoms with Crippen LogP contribution < -0.4 is 10.2 Å². The molecule has 0 saturated carbocycles. The maximum atomic E-state index is 12.6. The van der Waals surface area contributed by atoms with Gasteiger partial charge in [-0.25, -0.2) is 0 Å². The van der Waals surface area contributed by atoms with Crippen LogP contribution in [0.3, 0.4) is 0 Å². The zero-order valence-electron chi connectivity index (χ0n) is 10.8. The summed E-state index contributed by atoms with van der Waals surface area (Å²) in [5.41, 5.74) is 2.42. The number of nitrogens with one attached hydrogen (secondary N) is 1. The Hall–Kier alpha value is -1.79. The van der Waals surface area contributed by atoms with E-state index in [0.29, 0.717) is 12.1 Å². The molecule has 2 atom stereocenters. The van der Waals surface area contributed by atoms with Gasteiger partial charge in [0.2, 0.25) is 0 Å². The number of carbonyl (C=O) groups is 2. The van der Waals surface area contributed by atoms with Gasteiger partial charge in [-0.2, -0.15) is 0 Å². The Morgan fingerprint density at radius 1 is 1.35 bits per heavy atom. The third-order valence-corrected chi connectivity index (χ3v) is 4.66. The van der Waals surface area contributed by atoms with Crippen LogP contribution in [0.2, 0.25) is 0 Å². The molecule has 1 aromatic rings. The van der Waals surface area contributed by atoms with Gasteiger partial charge in [0.05, 0.1) is 11.3 Å². The number of nitrogens with zero attached hydrogens (tertiary/aromatic N) is 1. The zero-order valence-corrected chi connectivity index (χ0v) is 11.6. The van der Waals surface area contributed by atoms with Gasteiger partial charge >= 0.3 is 0 Å². The lowest BCUT2D eigenvalue weighted by molar-refractivity contribution is -0.113. The third-order valence-electron chi connectivity index (χ3n) is 3.70. The minimum Gasteiger partial charge on any atom is -0.342 e. The Bertz CT molecular complexity index is 670. The lowest BCUT2D eigenvalue weighted by Gasteiger charge is -2.14. The fourth-order valence-electron chi connectivity index (χ4n) is 2.75. The number of hydrogen-bond donors (Lipinski definition) is 1. The summed E-state index contributed by atoms with van der Waals surface area (Å²) in [4.78, 5) is 26.8. The Morgan fingerprint density at radius 2 is 2.15 bits per heavy atom. The Kier molecular flexibility index (Phi) is 2.46. The molecule has 2 fully saturated rings. The van der Waals surface area contributed by atoms with E-state index in [1.807, 2.05) is 31.2 Å². The monoisotopic (exact) mass is 288 g/mol. The van der Waals surface area contributed by atoms with Crippen LogP contribution in [-0.2, 0) is 9.53 Å². The van der Waals surface area contributed by atoms with E-state index in [1.165, 1.54) is 0 Å². The molecule has 0 aromatic heterocycles. The topological polar surface area (TPSA) is 61.9 Å². The molecule has 20 heavy (non-hydrogen) atoms. The highest BCUT2D eigenvalue weighted by molar-refractivity contribution is 8.17. The number of likely N-dealkylation sites (N-methyl/N-ethyl adjacent to an activating group) is 1. The van der Waals surface area contributed by atoms with E-state index < -0.39 is 0 Å². The highest BCUT2D eigenvalue weighted by Crippen LogP contribution is 2.48. The number of anilines is 1. The lowest BCUT2D eigenvalue weighted by Crippen LogP contribution is -2.30. The number of amides is 2. The van der Waals surface area contributed by atoms with Crippen LogP contribution in [0.5, 0.6) is 0 Å². The van der Waals surface area contributed by atoms with Crippen molar-refractivity contribution >= 4 is 34.2 Å². The quantitative estimate of drug-likeness (QED) is 0.634. The van der Waals surface area contributed by atoms with Crippen LogP contribution >= 0.6 is 11.8 Å². The molecule has 3 aliphatic rings. The van der Waals surface area contributed by atoms with E-state index in [-0.39, 0.29) is 23.5 Å². The van der Waals surface area contributed by atoms with E-state index in [9.17, 15) is 9.59 Å². The molecule has 3 heterocycles. The molecule has 1 N–H and O–H groups in total. The second-order valence-corrected chi connectivity index (χ2v) is 5.83. The van der Waals surface area contributed by atoms with Crippen LogP contribution in [0.1, 0.15) is 12.5 Å². The average molecular weight is 288 g/mol. The molecule has 4 rings (SSSR count). The second kappa shape index (κ2) is 4.10. The van der Waals surface area contributed by atoms with Gasteiger partial charge in [-0.15, -0.1) is 0 Å². The van der Waals surface area contributed by atoms with Gasteiger partial charge in [0.1, 0.15) is 6.10 Å². The van der Waals surface area contributed by atoms with Crippen LogP contribution in [-0.4, -0.2) is 30.0 Å². The van der Waals surface area contributed by atoms with Gasteiger partial charge < -0.3 is 15.0 Å². The van der Waals surface area contributed by atoms with E-state index in [0.717, 1.165) is 27.9 Å². The first-order chi connectivity index (χ1) is 9.70. The molecule has 0 spiro atoms. The first kappa shape index (κ1) is 12.0. The van der Waals surface area contributed by atoms with Gasteiger partial charge in [0.15, 0.2) is 6.23 Å². The molecule has 3 aliphatic heterocycles. The summed E-state index contributed by atoms with van der Waals surface area (Å²) in [5.74, 6) is -0.0415. The van der Waals surface area contributed by atoms with E-state index in [4.69, 9.17) is 4.74 Å². The summed E-state index contributed by atoms with van der Waals surface area (Å²) in [6.45, 7) is 2.55. The van der Waals surface area contributed by atoms with Crippen LogP contribution in [0.15, 0.2) is 29.2 Å². The molecule has 0 radical (unpaired) electrons. The Labute approximate surface area is 120 Å². The largest absolute Gasteiger partial charge is 0.342 e. The molecule has 5 nitrogen and oxygen atoms in total. The number of hydrogen-bond acceptors (Lipinski definition) is 4.